The molecule has 1 aliphatic heterocycles. The molecule has 1 amide bonds. The number of nitrogens with one attached hydrogen (secondary N) is 1. The number of nitrogens with zero attached hydrogens (tertiary/aromatic N) is 2. The third kappa shape index (κ3) is 5.65. The van der Waals surface area contributed by atoms with Gasteiger partial charge in [-0.15, -0.1) is 0 Å². The standard InChI is InChI=1S/C23H29N3O3/c1-25-14-16-26(17-15-25)13-7-11-21(27)18-8-3-5-10-20(18)24-23(28)19-9-4-6-12-22(19)29-2/h3-6,8-10,12H,7,11,13-17H2,1-2H3,(H,24,28). The maximum Gasteiger partial charge on any atom is 0.259 e. The third-order valence-electron chi connectivity index (χ3n) is 5.30. The molecule has 0 atom stereocenters. The molecule has 1 heterocycles. The monoisotopic (exact) mass is 395 g/mol. The van der Waals surface area contributed by atoms with Crippen molar-refractivity contribution in [2.24, 2.45) is 0 Å². The molecule has 1 fully saturated rings. The van der Waals surface area contributed by atoms with Crippen LogP contribution < -0.4 is 10.1 Å². The van der Waals surface area contributed by atoms with E-state index in [2.05, 4.69) is 22.2 Å². The van der Waals surface area contributed by atoms with Gasteiger partial charge in [0.1, 0.15) is 5.75 Å². The SMILES string of the molecule is COc1ccccc1C(=O)Nc1ccccc1C(=O)CCCN1CCN(C)CC1. The number of benzene rings is 2. The van der Waals surface area contributed by atoms with Gasteiger partial charge in [-0.05, 0) is 44.3 Å². The molecule has 0 aliphatic carbocycles. The van der Waals surface area contributed by atoms with Crippen LogP contribution in [-0.2, 0) is 0 Å². The van der Waals surface area contributed by atoms with Crippen LogP contribution in [0, 0.1) is 0 Å². The van der Waals surface area contributed by atoms with Gasteiger partial charge in [-0.25, -0.2) is 0 Å². The summed E-state index contributed by atoms with van der Waals surface area (Å²) in [6.07, 6.45) is 1.28. The van der Waals surface area contributed by atoms with Crippen molar-refractivity contribution in [1.29, 1.82) is 0 Å². The summed E-state index contributed by atoms with van der Waals surface area (Å²) in [7, 11) is 3.67. The summed E-state index contributed by atoms with van der Waals surface area (Å²) >= 11 is 0. The van der Waals surface area contributed by atoms with Crippen molar-refractivity contribution < 1.29 is 14.3 Å². The van der Waals surface area contributed by atoms with E-state index in [1.54, 1.807) is 30.3 Å². The summed E-state index contributed by atoms with van der Waals surface area (Å²) < 4.78 is 5.26. The van der Waals surface area contributed by atoms with Crippen LogP contribution in [0.15, 0.2) is 48.5 Å². The van der Waals surface area contributed by atoms with Gasteiger partial charge >= 0.3 is 0 Å². The number of carbonyl (C=O) groups excluding carboxylic acids is 2. The van der Waals surface area contributed by atoms with Crippen LogP contribution in [0.25, 0.3) is 0 Å². The van der Waals surface area contributed by atoms with Crippen molar-refractivity contribution in [3.63, 3.8) is 0 Å². The van der Waals surface area contributed by atoms with Crippen molar-refractivity contribution in [3.8, 4) is 5.75 Å². The second kappa shape index (κ2) is 10.2. The lowest BCUT2D eigenvalue weighted by atomic mass is 10.0. The lowest BCUT2D eigenvalue weighted by molar-refractivity contribution is 0.0968. The molecule has 3 rings (SSSR count). The predicted octanol–water partition coefficient (Wildman–Crippen LogP) is 3.16. The Balaban J connectivity index is 1.60. The van der Waals surface area contributed by atoms with Gasteiger partial charge in [0.25, 0.3) is 5.91 Å². The number of Topliss-reactive ketones (excluding diaryl/α,β-unsaturated/α-hetero) is 1. The molecule has 2 aromatic carbocycles. The van der Waals surface area contributed by atoms with E-state index in [-0.39, 0.29) is 11.7 Å². The summed E-state index contributed by atoms with van der Waals surface area (Å²) in [6.45, 7) is 5.18. The number of para-hydroxylation sites is 2. The summed E-state index contributed by atoms with van der Waals surface area (Å²) in [5, 5.41) is 2.87. The number of anilines is 1. The summed E-state index contributed by atoms with van der Waals surface area (Å²) in [6, 6.07) is 14.2. The van der Waals surface area contributed by atoms with Gasteiger partial charge < -0.3 is 19.9 Å². The Morgan fingerprint density at radius 2 is 1.62 bits per heavy atom. The highest BCUT2D eigenvalue weighted by molar-refractivity contribution is 6.10. The Labute approximate surface area is 172 Å². The van der Waals surface area contributed by atoms with Crippen molar-refractivity contribution in [3.05, 3.63) is 59.7 Å². The lowest BCUT2D eigenvalue weighted by Crippen LogP contribution is -2.44. The molecule has 0 spiro atoms. The van der Waals surface area contributed by atoms with Crippen LogP contribution in [0.3, 0.4) is 0 Å². The zero-order valence-electron chi connectivity index (χ0n) is 17.2. The van der Waals surface area contributed by atoms with Crippen molar-refractivity contribution >= 4 is 17.4 Å². The Morgan fingerprint density at radius 1 is 0.966 bits per heavy atom. The van der Waals surface area contributed by atoms with Gasteiger partial charge in [-0.1, -0.05) is 24.3 Å². The summed E-state index contributed by atoms with van der Waals surface area (Å²) in [5.74, 6) is 0.260. The highest BCUT2D eigenvalue weighted by Crippen LogP contribution is 2.22. The van der Waals surface area contributed by atoms with E-state index in [0.29, 0.717) is 29.0 Å². The van der Waals surface area contributed by atoms with Crippen LogP contribution in [0.1, 0.15) is 33.6 Å². The van der Waals surface area contributed by atoms with E-state index in [1.807, 2.05) is 18.2 Å². The van der Waals surface area contributed by atoms with E-state index < -0.39 is 0 Å². The quantitative estimate of drug-likeness (QED) is 0.696. The molecule has 0 saturated carbocycles. The average Bonchev–Trinajstić information content (AvgIpc) is 2.75. The fraction of sp³-hybridized carbons (Fsp3) is 0.391. The van der Waals surface area contributed by atoms with E-state index in [0.717, 1.165) is 39.1 Å². The molecule has 1 saturated heterocycles. The predicted molar refractivity (Wildman–Crippen MR) is 115 cm³/mol. The highest BCUT2D eigenvalue weighted by Gasteiger charge is 2.17. The van der Waals surface area contributed by atoms with Gasteiger partial charge in [0.05, 0.1) is 18.4 Å². The Hall–Kier alpha value is -2.70. The number of piperazine rings is 1. The molecule has 6 heteroatoms. The Kier molecular flexibility index (Phi) is 7.38. The van der Waals surface area contributed by atoms with Gasteiger partial charge in [0.2, 0.25) is 0 Å². The number of amides is 1. The summed E-state index contributed by atoms with van der Waals surface area (Å²) in [5.41, 5.74) is 1.52. The largest absolute Gasteiger partial charge is 0.496 e. The molecule has 0 unspecified atom stereocenters. The molecular formula is C23H29N3O3. The molecule has 1 N–H and O–H groups in total. The fourth-order valence-corrected chi connectivity index (χ4v) is 3.53. The number of methoxy groups -OCH3 is 1. The number of ketones is 1. The smallest absolute Gasteiger partial charge is 0.259 e. The third-order valence-corrected chi connectivity index (χ3v) is 5.30. The number of carbonyl (C=O) groups is 2. The molecule has 1 aliphatic rings. The molecule has 29 heavy (non-hydrogen) atoms. The maximum atomic E-state index is 12.8. The van der Waals surface area contributed by atoms with Crippen LogP contribution >= 0.6 is 0 Å². The van der Waals surface area contributed by atoms with E-state index >= 15 is 0 Å². The number of rotatable bonds is 8. The number of ether oxygens (including phenoxy) is 1. The molecular weight excluding hydrogens is 366 g/mol. The Morgan fingerprint density at radius 3 is 2.34 bits per heavy atom. The minimum absolute atomic E-state index is 0.0510. The molecule has 0 aromatic heterocycles. The lowest BCUT2D eigenvalue weighted by Gasteiger charge is -2.32. The van der Waals surface area contributed by atoms with Crippen molar-refractivity contribution in [2.75, 3.05) is 52.2 Å². The molecule has 6 nitrogen and oxygen atoms in total. The van der Waals surface area contributed by atoms with Crippen LogP contribution in [0.2, 0.25) is 0 Å². The van der Waals surface area contributed by atoms with Gasteiger partial charge in [-0.3, -0.25) is 9.59 Å². The highest BCUT2D eigenvalue weighted by atomic mass is 16.5. The molecule has 154 valence electrons. The first-order valence-corrected chi connectivity index (χ1v) is 10.1. The number of likely N-dealkylation sites (N-methyl/N-ethyl adjacent to an activating group) is 1. The zero-order valence-corrected chi connectivity index (χ0v) is 17.2. The first-order valence-electron chi connectivity index (χ1n) is 10.1. The molecule has 0 radical (unpaired) electrons. The second-order valence-corrected chi connectivity index (χ2v) is 7.37. The van der Waals surface area contributed by atoms with Gasteiger partial charge in [0, 0.05) is 38.2 Å². The topological polar surface area (TPSA) is 61.9 Å². The second-order valence-electron chi connectivity index (χ2n) is 7.37. The minimum Gasteiger partial charge on any atom is -0.496 e. The van der Waals surface area contributed by atoms with Crippen molar-refractivity contribution in [1.82, 2.24) is 9.80 Å². The van der Waals surface area contributed by atoms with Crippen LogP contribution in [0.5, 0.6) is 5.75 Å². The van der Waals surface area contributed by atoms with Crippen LogP contribution in [0.4, 0.5) is 5.69 Å². The molecule has 2 aromatic rings. The minimum atomic E-state index is -0.292. The van der Waals surface area contributed by atoms with E-state index in [9.17, 15) is 9.59 Å². The average molecular weight is 396 g/mol. The first-order chi connectivity index (χ1) is 14.1. The van der Waals surface area contributed by atoms with Gasteiger partial charge in [-0.2, -0.15) is 0 Å². The van der Waals surface area contributed by atoms with Crippen LogP contribution in [-0.4, -0.2) is 68.4 Å². The maximum absolute atomic E-state index is 12.8. The zero-order chi connectivity index (χ0) is 20.6. The number of hydrogen-bond acceptors (Lipinski definition) is 5. The normalized spacial score (nSPS) is 15.1. The van der Waals surface area contributed by atoms with Gasteiger partial charge in [0.15, 0.2) is 5.78 Å². The fourth-order valence-electron chi connectivity index (χ4n) is 3.53. The number of hydrogen-bond donors (Lipinski definition) is 1. The van der Waals surface area contributed by atoms with Crippen molar-refractivity contribution in [2.45, 2.75) is 12.8 Å². The van der Waals surface area contributed by atoms with E-state index in [4.69, 9.17) is 4.74 Å². The first kappa shape index (κ1) is 21.0. The molecule has 0 bridgehead atoms. The van der Waals surface area contributed by atoms with E-state index in [1.165, 1.54) is 7.11 Å². The Bertz CT molecular complexity index is 845. The summed E-state index contributed by atoms with van der Waals surface area (Å²) in [4.78, 5) is 30.2.